The van der Waals surface area contributed by atoms with Gasteiger partial charge in [-0.3, -0.25) is 4.90 Å². The van der Waals surface area contributed by atoms with E-state index in [1.165, 1.54) is 34.9 Å². The molecule has 0 saturated carbocycles. The van der Waals surface area contributed by atoms with Crippen molar-refractivity contribution in [1.29, 1.82) is 0 Å². The van der Waals surface area contributed by atoms with Gasteiger partial charge in [0.15, 0.2) is 0 Å². The van der Waals surface area contributed by atoms with Crippen LogP contribution in [-0.4, -0.2) is 41.3 Å². The van der Waals surface area contributed by atoms with E-state index in [-0.39, 0.29) is 23.2 Å². The van der Waals surface area contributed by atoms with Crippen molar-refractivity contribution in [2.75, 3.05) is 13.2 Å². The van der Waals surface area contributed by atoms with Crippen molar-refractivity contribution in [1.82, 2.24) is 4.90 Å². The molecule has 5 rings (SSSR count). The van der Waals surface area contributed by atoms with Gasteiger partial charge in [-0.25, -0.2) is 13.6 Å². The van der Waals surface area contributed by atoms with Gasteiger partial charge in [0.25, 0.3) is 0 Å². The first-order valence-electron chi connectivity index (χ1n) is 10.5. The molecule has 3 aliphatic rings. The number of hydrogen-bond donors (Lipinski definition) is 1. The highest BCUT2D eigenvalue weighted by Gasteiger charge is 2.45. The molecular formula is C25H23F2NO3. The molecule has 31 heavy (non-hydrogen) atoms. The summed E-state index contributed by atoms with van der Waals surface area (Å²) in [6.07, 6.45) is 3.59. The van der Waals surface area contributed by atoms with Crippen LogP contribution in [0.4, 0.5) is 8.78 Å². The summed E-state index contributed by atoms with van der Waals surface area (Å²) >= 11 is 0. The van der Waals surface area contributed by atoms with Crippen LogP contribution in [-0.2, 0) is 16.0 Å². The number of fused-ring (bicyclic) bond motifs is 2. The van der Waals surface area contributed by atoms with Crippen LogP contribution in [0.5, 0.6) is 0 Å². The fraction of sp³-hybridized carbons (Fsp3) is 0.320. The topological polar surface area (TPSA) is 49.8 Å². The van der Waals surface area contributed by atoms with Gasteiger partial charge in [0.05, 0.1) is 25.3 Å². The van der Waals surface area contributed by atoms with Crippen LogP contribution in [0.1, 0.15) is 41.6 Å². The van der Waals surface area contributed by atoms with Gasteiger partial charge in [-0.1, -0.05) is 24.3 Å². The monoisotopic (exact) mass is 423 g/mol. The van der Waals surface area contributed by atoms with Crippen LogP contribution in [0.25, 0.3) is 11.6 Å². The fourth-order valence-corrected chi connectivity index (χ4v) is 5.21. The molecule has 2 aromatic carbocycles. The van der Waals surface area contributed by atoms with Gasteiger partial charge >= 0.3 is 5.97 Å². The lowest BCUT2D eigenvalue weighted by Crippen LogP contribution is -2.55. The summed E-state index contributed by atoms with van der Waals surface area (Å²) in [5, 5.41) is 8.82. The molecule has 1 aliphatic carbocycles. The number of carbonyl (C=O) groups is 1. The molecule has 0 amide bonds. The molecule has 1 saturated heterocycles. The minimum Gasteiger partial charge on any atom is -0.478 e. The zero-order valence-electron chi connectivity index (χ0n) is 17.1. The van der Waals surface area contributed by atoms with Crippen molar-refractivity contribution in [2.24, 2.45) is 0 Å². The van der Waals surface area contributed by atoms with Crippen LogP contribution in [0.3, 0.4) is 0 Å². The lowest BCUT2D eigenvalue weighted by Gasteiger charge is -2.49. The number of carboxylic acids is 1. The molecular weight excluding hydrogens is 400 g/mol. The maximum atomic E-state index is 15.4. The molecule has 2 aliphatic heterocycles. The summed E-state index contributed by atoms with van der Waals surface area (Å²) in [6.45, 7) is 3.22. The highest BCUT2D eigenvalue weighted by molar-refractivity contribution is 5.85. The smallest absolute Gasteiger partial charge is 0.328 e. The second kappa shape index (κ2) is 7.70. The van der Waals surface area contributed by atoms with Crippen LogP contribution >= 0.6 is 0 Å². The molecule has 2 heterocycles. The van der Waals surface area contributed by atoms with Gasteiger partial charge in [0.1, 0.15) is 11.6 Å². The third-order valence-corrected chi connectivity index (χ3v) is 6.58. The van der Waals surface area contributed by atoms with Gasteiger partial charge in [0, 0.05) is 17.7 Å². The predicted octanol–water partition coefficient (Wildman–Crippen LogP) is 4.61. The van der Waals surface area contributed by atoms with E-state index < -0.39 is 23.6 Å². The maximum absolute atomic E-state index is 15.4. The highest BCUT2D eigenvalue weighted by atomic mass is 19.1. The molecule has 160 valence electrons. The first-order chi connectivity index (χ1) is 14.9. The molecule has 2 aromatic rings. The van der Waals surface area contributed by atoms with Crippen molar-refractivity contribution in [3.8, 4) is 0 Å². The number of ether oxygens (including phenoxy) is 1. The summed E-state index contributed by atoms with van der Waals surface area (Å²) < 4.78 is 36.2. The van der Waals surface area contributed by atoms with Crippen LogP contribution in [0.15, 0.2) is 48.0 Å². The number of halogens is 2. The summed E-state index contributed by atoms with van der Waals surface area (Å²) in [5.74, 6) is -2.48. The number of aliphatic carboxylic acids is 1. The van der Waals surface area contributed by atoms with Gasteiger partial charge < -0.3 is 9.84 Å². The first-order valence-corrected chi connectivity index (χ1v) is 10.5. The molecule has 1 fully saturated rings. The third-order valence-electron chi connectivity index (χ3n) is 6.58. The van der Waals surface area contributed by atoms with Crippen molar-refractivity contribution < 1.29 is 23.4 Å². The third kappa shape index (κ3) is 3.40. The largest absolute Gasteiger partial charge is 0.478 e. The van der Waals surface area contributed by atoms with E-state index in [2.05, 4.69) is 24.0 Å². The number of nitrogens with zero attached hydrogens (tertiary/aromatic N) is 1. The first kappa shape index (κ1) is 20.1. The Hall–Kier alpha value is -2.83. The minimum absolute atomic E-state index is 0.0335. The quantitative estimate of drug-likeness (QED) is 0.730. The number of carboxylic acid groups (broad SMARTS) is 1. The summed E-state index contributed by atoms with van der Waals surface area (Å²) in [4.78, 5) is 13.0. The van der Waals surface area contributed by atoms with E-state index >= 15 is 8.78 Å². The van der Waals surface area contributed by atoms with E-state index in [1.54, 1.807) is 0 Å². The predicted molar refractivity (Wildman–Crippen MR) is 113 cm³/mol. The lowest BCUT2D eigenvalue weighted by atomic mass is 9.83. The molecule has 2 atom stereocenters. The molecule has 0 unspecified atom stereocenters. The minimum atomic E-state index is -1.17. The zero-order valence-corrected chi connectivity index (χ0v) is 17.1. The van der Waals surface area contributed by atoms with E-state index in [0.29, 0.717) is 19.6 Å². The molecule has 0 radical (unpaired) electrons. The van der Waals surface area contributed by atoms with Crippen LogP contribution in [0, 0.1) is 11.6 Å². The average Bonchev–Trinajstić information content (AvgIpc) is 3.05. The molecule has 4 nitrogen and oxygen atoms in total. The molecule has 0 spiro atoms. The molecule has 1 N–H and O–H groups in total. The second-order valence-electron chi connectivity index (χ2n) is 8.50. The Bertz CT molecular complexity index is 1100. The van der Waals surface area contributed by atoms with Crippen molar-refractivity contribution in [3.63, 3.8) is 0 Å². The summed E-state index contributed by atoms with van der Waals surface area (Å²) in [7, 11) is 0. The molecule has 0 bridgehead atoms. The van der Waals surface area contributed by atoms with Gasteiger partial charge in [-0.05, 0) is 65.8 Å². The van der Waals surface area contributed by atoms with E-state index in [4.69, 9.17) is 9.84 Å². The van der Waals surface area contributed by atoms with Crippen LogP contribution in [0.2, 0.25) is 0 Å². The summed E-state index contributed by atoms with van der Waals surface area (Å²) in [6, 6.07) is 10.3. The fourth-order valence-electron chi connectivity index (χ4n) is 5.21. The Morgan fingerprint density at radius 1 is 1.19 bits per heavy atom. The number of benzene rings is 2. The average molecular weight is 423 g/mol. The SMILES string of the molecule is C[C@@H]1CC2=C(Cc3ccccc32)[C@@H](c2c(F)cc(/C=C/C(=O)O)cc2F)N1C1COC1. The lowest BCUT2D eigenvalue weighted by molar-refractivity contribution is -0.131. The van der Waals surface area contributed by atoms with Crippen molar-refractivity contribution in [2.45, 2.75) is 37.9 Å². The van der Waals surface area contributed by atoms with Crippen molar-refractivity contribution >= 4 is 17.6 Å². The van der Waals surface area contributed by atoms with Gasteiger partial charge in [-0.15, -0.1) is 0 Å². The Labute approximate surface area is 179 Å². The Kier molecular flexibility index (Phi) is 4.99. The Balaban J connectivity index is 1.64. The number of rotatable bonds is 4. The highest BCUT2D eigenvalue weighted by Crippen LogP contribution is 2.50. The number of hydrogen-bond acceptors (Lipinski definition) is 3. The normalized spacial score (nSPS) is 23.7. The Morgan fingerprint density at radius 2 is 1.90 bits per heavy atom. The van der Waals surface area contributed by atoms with E-state index in [9.17, 15) is 4.79 Å². The Morgan fingerprint density at radius 3 is 2.55 bits per heavy atom. The second-order valence-corrected chi connectivity index (χ2v) is 8.50. The maximum Gasteiger partial charge on any atom is 0.328 e. The summed E-state index contributed by atoms with van der Waals surface area (Å²) in [5.41, 5.74) is 4.84. The zero-order chi connectivity index (χ0) is 21.7. The molecule has 0 aromatic heterocycles. The van der Waals surface area contributed by atoms with E-state index in [0.717, 1.165) is 18.1 Å². The standard InChI is InChI=1S/C25H23F2NO3/c1-14-8-19-18-5-3-2-4-16(18)11-20(19)25(28(14)17-12-31-13-17)24-21(26)9-15(10-22(24)27)6-7-23(29)30/h2-7,9-10,14,17,25H,8,11-13H2,1H3,(H,29,30)/b7-6+/t14-,25+/m1/s1. The van der Waals surface area contributed by atoms with Crippen LogP contribution < -0.4 is 0 Å². The van der Waals surface area contributed by atoms with Crippen molar-refractivity contribution in [3.05, 3.63) is 81.9 Å². The van der Waals surface area contributed by atoms with E-state index in [1.807, 2.05) is 12.1 Å². The van der Waals surface area contributed by atoms with Gasteiger partial charge in [0.2, 0.25) is 0 Å². The van der Waals surface area contributed by atoms with Gasteiger partial charge in [-0.2, -0.15) is 0 Å². The molecule has 6 heteroatoms.